The van der Waals surface area contributed by atoms with Crippen molar-refractivity contribution < 1.29 is 18.9 Å². The van der Waals surface area contributed by atoms with Gasteiger partial charge in [0, 0.05) is 11.3 Å². The van der Waals surface area contributed by atoms with Crippen molar-refractivity contribution in [2.24, 2.45) is 5.92 Å². The maximum Gasteiger partial charge on any atom is 0.319 e. The number of halogens is 1. The first kappa shape index (κ1) is 21.8. The van der Waals surface area contributed by atoms with Crippen molar-refractivity contribution in [3.63, 3.8) is 0 Å². The highest BCUT2D eigenvalue weighted by atomic mass is 19.1. The lowest BCUT2D eigenvalue weighted by Crippen LogP contribution is -3.13. The van der Waals surface area contributed by atoms with E-state index in [1.54, 1.807) is 6.07 Å². The van der Waals surface area contributed by atoms with E-state index in [0.29, 0.717) is 18.8 Å². The molecular weight excluding hydrogens is 383 g/mol. The Morgan fingerprint density at radius 3 is 2.40 bits per heavy atom. The molecule has 0 spiro atoms. The molecule has 0 unspecified atom stereocenters. The number of carbonyl (C=O) groups excluding carboxylic acids is 2. The molecule has 1 atom stereocenters. The lowest BCUT2D eigenvalue weighted by molar-refractivity contribution is -0.917. The smallest absolute Gasteiger partial charge is 0.319 e. The Morgan fingerprint density at radius 2 is 1.77 bits per heavy atom. The van der Waals surface area contributed by atoms with Gasteiger partial charge in [0.05, 0.1) is 26.2 Å². The summed E-state index contributed by atoms with van der Waals surface area (Å²) >= 11 is 0. The molecule has 6 nitrogen and oxygen atoms in total. The van der Waals surface area contributed by atoms with E-state index in [0.717, 1.165) is 19.6 Å². The third kappa shape index (κ3) is 6.03. The summed E-state index contributed by atoms with van der Waals surface area (Å²) in [5.41, 5.74) is 1.64. The van der Waals surface area contributed by atoms with Gasteiger partial charge in [-0.05, 0) is 24.1 Å². The van der Waals surface area contributed by atoms with Crippen LogP contribution in [-0.4, -0.2) is 49.1 Å². The molecule has 3 amide bonds. The molecule has 0 saturated carbocycles. The van der Waals surface area contributed by atoms with Crippen LogP contribution in [0.2, 0.25) is 0 Å². The SMILES string of the molecule is CC(C)[C@H](NC(=O)Nc1cccc(F)c1)C(=O)N1CC[NH+](Cc2ccccc2)CC1. The fourth-order valence-electron chi connectivity index (χ4n) is 3.69. The zero-order valence-corrected chi connectivity index (χ0v) is 17.5. The van der Waals surface area contributed by atoms with E-state index < -0.39 is 17.9 Å². The largest absolute Gasteiger partial charge is 0.330 e. The van der Waals surface area contributed by atoms with Gasteiger partial charge in [-0.2, -0.15) is 0 Å². The molecule has 1 aliphatic heterocycles. The Balaban J connectivity index is 1.53. The van der Waals surface area contributed by atoms with E-state index in [9.17, 15) is 14.0 Å². The van der Waals surface area contributed by atoms with E-state index >= 15 is 0 Å². The number of hydrogen-bond acceptors (Lipinski definition) is 2. The summed E-state index contributed by atoms with van der Waals surface area (Å²) in [5, 5.41) is 5.36. The maximum absolute atomic E-state index is 13.3. The van der Waals surface area contributed by atoms with Crippen molar-refractivity contribution in [3.8, 4) is 0 Å². The Bertz CT molecular complexity index is 851. The molecule has 2 aromatic carbocycles. The minimum Gasteiger partial charge on any atom is -0.330 e. The normalized spacial score (nSPS) is 15.7. The van der Waals surface area contributed by atoms with Gasteiger partial charge in [-0.1, -0.05) is 50.2 Å². The Kier molecular flexibility index (Phi) is 7.41. The summed E-state index contributed by atoms with van der Waals surface area (Å²) in [6, 6.07) is 14.9. The van der Waals surface area contributed by atoms with Crippen LogP contribution in [0.5, 0.6) is 0 Å². The first-order chi connectivity index (χ1) is 14.4. The summed E-state index contributed by atoms with van der Waals surface area (Å²) in [6.45, 7) is 7.84. The van der Waals surface area contributed by atoms with Gasteiger partial charge in [-0.15, -0.1) is 0 Å². The maximum atomic E-state index is 13.3. The second kappa shape index (κ2) is 10.2. The van der Waals surface area contributed by atoms with Crippen molar-refractivity contribution in [2.75, 3.05) is 31.5 Å². The number of amides is 3. The molecule has 0 radical (unpaired) electrons. The second-order valence-electron chi connectivity index (χ2n) is 8.07. The van der Waals surface area contributed by atoms with Crippen molar-refractivity contribution in [2.45, 2.75) is 26.4 Å². The number of quaternary nitrogens is 1. The zero-order chi connectivity index (χ0) is 21.5. The van der Waals surface area contributed by atoms with Crippen LogP contribution < -0.4 is 15.5 Å². The molecular formula is C23H30FN4O2+. The van der Waals surface area contributed by atoms with E-state index in [-0.39, 0.29) is 11.8 Å². The topological polar surface area (TPSA) is 65.9 Å². The molecule has 160 valence electrons. The summed E-state index contributed by atoms with van der Waals surface area (Å²) in [5.74, 6) is -0.566. The Hall–Kier alpha value is -2.93. The molecule has 3 rings (SSSR count). The summed E-state index contributed by atoms with van der Waals surface area (Å²) < 4.78 is 13.3. The Labute approximate surface area is 177 Å². The van der Waals surface area contributed by atoms with Crippen LogP contribution in [0.25, 0.3) is 0 Å². The lowest BCUT2D eigenvalue weighted by atomic mass is 10.0. The van der Waals surface area contributed by atoms with Gasteiger partial charge in [0.15, 0.2) is 0 Å². The van der Waals surface area contributed by atoms with Gasteiger partial charge < -0.3 is 20.4 Å². The van der Waals surface area contributed by atoms with Crippen molar-refractivity contribution >= 4 is 17.6 Å². The highest BCUT2D eigenvalue weighted by Gasteiger charge is 2.32. The summed E-state index contributed by atoms with van der Waals surface area (Å²) in [7, 11) is 0. The molecule has 1 fully saturated rings. The lowest BCUT2D eigenvalue weighted by Gasteiger charge is -2.35. The van der Waals surface area contributed by atoms with E-state index in [4.69, 9.17) is 0 Å². The molecule has 0 bridgehead atoms. The van der Waals surface area contributed by atoms with Crippen LogP contribution >= 0.6 is 0 Å². The van der Waals surface area contributed by atoms with Gasteiger partial charge in [0.1, 0.15) is 18.4 Å². The van der Waals surface area contributed by atoms with Crippen LogP contribution in [-0.2, 0) is 11.3 Å². The quantitative estimate of drug-likeness (QED) is 0.677. The first-order valence-electron chi connectivity index (χ1n) is 10.4. The van der Waals surface area contributed by atoms with Gasteiger partial charge in [-0.25, -0.2) is 9.18 Å². The van der Waals surface area contributed by atoms with Crippen LogP contribution in [0.1, 0.15) is 19.4 Å². The number of benzene rings is 2. The van der Waals surface area contributed by atoms with Crippen LogP contribution in [0.3, 0.4) is 0 Å². The third-order valence-corrected chi connectivity index (χ3v) is 5.38. The molecule has 0 aliphatic carbocycles. The molecule has 1 heterocycles. The highest BCUT2D eigenvalue weighted by molar-refractivity contribution is 5.93. The van der Waals surface area contributed by atoms with Crippen molar-refractivity contribution in [1.29, 1.82) is 0 Å². The van der Waals surface area contributed by atoms with Gasteiger partial charge in [0.2, 0.25) is 5.91 Å². The molecule has 7 heteroatoms. The average Bonchev–Trinajstić information content (AvgIpc) is 2.73. The summed E-state index contributed by atoms with van der Waals surface area (Å²) in [4.78, 5) is 28.7. The summed E-state index contributed by atoms with van der Waals surface area (Å²) in [6.07, 6.45) is 0. The monoisotopic (exact) mass is 413 g/mol. The second-order valence-corrected chi connectivity index (χ2v) is 8.07. The minimum absolute atomic E-state index is 0.0644. The zero-order valence-electron chi connectivity index (χ0n) is 17.5. The number of urea groups is 1. The van der Waals surface area contributed by atoms with Crippen molar-refractivity contribution in [3.05, 3.63) is 66.0 Å². The number of anilines is 1. The van der Waals surface area contributed by atoms with Crippen molar-refractivity contribution in [1.82, 2.24) is 10.2 Å². The molecule has 1 saturated heterocycles. The highest BCUT2D eigenvalue weighted by Crippen LogP contribution is 2.11. The number of rotatable bonds is 6. The number of carbonyl (C=O) groups is 2. The molecule has 30 heavy (non-hydrogen) atoms. The molecule has 0 aromatic heterocycles. The predicted octanol–water partition coefficient (Wildman–Crippen LogP) is 1.90. The fourth-order valence-corrected chi connectivity index (χ4v) is 3.69. The molecule has 2 aromatic rings. The number of hydrogen-bond donors (Lipinski definition) is 3. The Morgan fingerprint density at radius 1 is 1.07 bits per heavy atom. The predicted molar refractivity (Wildman–Crippen MR) is 115 cm³/mol. The van der Waals surface area contributed by atoms with Gasteiger partial charge in [0.25, 0.3) is 0 Å². The average molecular weight is 414 g/mol. The van der Waals surface area contributed by atoms with Crippen LogP contribution in [0.4, 0.5) is 14.9 Å². The standard InChI is InChI=1S/C23H29FN4O2/c1-17(2)21(26-23(30)25-20-10-6-9-19(24)15-20)22(29)28-13-11-27(12-14-28)16-18-7-4-3-5-8-18/h3-10,15,17,21H,11-14,16H2,1-2H3,(H2,25,26,30)/p+1/t21-/m0/s1. The fraction of sp³-hybridized carbons (Fsp3) is 0.391. The van der Waals surface area contributed by atoms with E-state index in [2.05, 4.69) is 22.8 Å². The first-order valence-corrected chi connectivity index (χ1v) is 10.4. The number of nitrogens with zero attached hydrogens (tertiary/aromatic N) is 1. The number of nitrogens with one attached hydrogen (secondary N) is 3. The molecule has 1 aliphatic rings. The number of piperazine rings is 1. The van der Waals surface area contributed by atoms with Crippen LogP contribution in [0.15, 0.2) is 54.6 Å². The van der Waals surface area contributed by atoms with E-state index in [1.807, 2.05) is 36.9 Å². The van der Waals surface area contributed by atoms with Gasteiger partial charge >= 0.3 is 6.03 Å². The third-order valence-electron chi connectivity index (χ3n) is 5.38. The molecule has 3 N–H and O–H groups in total. The van der Waals surface area contributed by atoms with Gasteiger partial charge in [-0.3, -0.25) is 4.79 Å². The van der Waals surface area contributed by atoms with Crippen LogP contribution in [0, 0.1) is 11.7 Å². The minimum atomic E-state index is -0.630. The van der Waals surface area contributed by atoms with E-state index in [1.165, 1.54) is 28.7 Å².